The molecule has 1 N–H and O–H groups in total. The number of thioether (sulfide) groups is 1. The largest absolute Gasteiger partial charge is 0.323 e. The van der Waals surface area contributed by atoms with Gasteiger partial charge in [-0.3, -0.25) is 9.59 Å². The molecule has 0 aliphatic carbocycles. The zero-order chi connectivity index (χ0) is 22.1. The number of nitrogens with one attached hydrogen (secondary N) is 1. The predicted octanol–water partition coefficient (Wildman–Crippen LogP) is 4.30. The quantitative estimate of drug-likeness (QED) is 0.464. The third-order valence-corrected chi connectivity index (χ3v) is 6.26. The van der Waals surface area contributed by atoms with Crippen LogP contribution in [0.1, 0.15) is 5.56 Å². The van der Waals surface area contributed by atoms with Crippen molar-refractivity contribution in [3.63, 3.8) is 0 Å². The minimum absolute atomic E-state index is 0.0257. The van der Waals surface area contributed by atoms with Crippen LogP contribution in [-0.4, -0.2) is 33.7 Å². The zero-order valence-electron chi connectivity index (χ0n) is 17.0. The molecular weight excluding hydrogens is 427 g/mol. The number of rotatable bonds is 5. The van der Waals surface area contributed by atoms with E-state index in [9.17, 15) is 14.0 Å². The van der Waals surface area contributed by atoms with Gasteiger partial charge in [0.05, 0.1) is 34.7 Å². The van der Waals surface area contributed by atoms with Crippen LogP contribution in [0.25, 0.3) is 11.0 Å². The van der Waals surface area contributed by atoms with Crippen LogP contribution in [0.15, 0.2) is 78.0 Å². The Morgan fingerprint density at radius 2 is 1.78 bits per heavy atom. The molecule has 6 nitrogen and oxygen atoms in total. The van der Waals surface area contributed by atoms with Gasteiger partial charge in [0, 0.05) is 5.56 Å². The molecule has 2 amide bonds. The summed E-state index contributed by atoms with van der Waals surface area (Å²) in [6, 6.07) is 21.5. The van der Waals surface area contributed by atoms with Crippen LogP contribution in [0, 0.1) is 5.82 Å². The van der Waals surface area contributed by atoms with Gasteiger partial charge in [-0.2, -0.15) is 0 Å². The van der Waals surface area contributed by atoms with Crippen LogP contribution < -0.4 is 10.2 Å². The Balaban J connectivity index is 1.42. The molecule has 4 aromatic rings. The second-order valence-electron chi connectivity index (χ2n) is 7.39. The van der Waals surface area contributed by atoms with Crippen LogP contribution in [0.2, 0.25) is 0 Å². The molecule has 3 aromatic carbocycles. The molecular formula is C24H19FN4O2S. The summed E-state index contributed by atoms with van der Waals surface area (Å²) in [7, 11) is 0. The fourth-order valence-electron chi connectivity index (χ4n) is 3.77. The lowest BCUT2D eigenvalue weighted by Gasteiger charge is -2.29. The fraction of sp³-hybridized carbons (Fsp3) is 0.125. The summed E-state index contributed by atoms with van der Waals surface area (Å²) in [6.07, 6.45) is 0. The molecule has 32 heavy (non-hydrogen) atoms. The third kappa shape index (κ3) is 3.85. The summed E-state index contributed by atoms with van der Waals surface area (Å²) in [5, 5.41) is 3.41. The molecule has 2 heterocycles. The smallest absolute Gasteiger partial charge is 0.244 e. The zero-order valence-corrected chi connectivity index (χ0v) is 17.8. The van der Waals surface area contributed by atoms with E-state index in [1.165, 1.54) is 22.7 Å². The monoisotopic (exact) mass is 446 g/mol. The highest BCUT2D eigenvalue weighted by Gasteiger charge is 2.27. The SMILES string of the molecule is O=C1CN(C(=O)CSc2nc3ccccc3n2Cc2ccccc2F)c2ccccc2N1. The first-order chi connectivity index (χ1) is 15.6. The van der Waals surface area contributed by atoms with Crippen molar-refractivity contribution in [3.8, 4) is 0 Å². The van der Waals surface area contributed by atoms with Gasteiger partial charge in [0.2, 0.25) is 11.8 Å². The number of anilines is 2. The number of benzene rings is 3. The van der Waals surface area contributed by atoms with Crippen molar-refractivity contribution in [2.45, 2.75) is 11.7 Å². The average molecular weight is 447 g/mol. The number of carbonyl (C=O) groups is 2. The number of hydrogen-bond donors (Lipinski definition) is 1. The second-order valence-corrected chi connectivity index (χ2v) is 8.34. The van der Waals surface area contributed by atoms with Crippen LogP contribution in [-0.2, 0) is 16.1 Å². The summed E-state index contributed by atoms with van der Waals surface area (Å²) in [5.74, 6) is -0.605. The van der Waals surface area contributed by atoms with E-state index in [0.29, 0.717) is 28.6 Å². The number of amides is 2. The van der Waals surface area contributed by atoms with E-state index >= 15 is 0 Å². The van der Waals surface area contributed by atoms with E-state index < -0.39 is 0 Å². The Morgan fingerprint density at radius 3 is 2.66 bits per heavy atom. The van der Waals surface area contributed by atoms with Crippen LogP contribution >= 0.6 is 11.8 Å². The number of hydrogen-bond acceptors (Lipinski definition) is 4. The van der Waals surface area contributed by atoms with E-state index in [4.69, 9.17) is 0 Å². The number of para-hydroxylation sites is 4. The first-order valence-corrected chi connectivity index (χ1v) is 11.1. The first-order valence-electron chi connectivity index (χ1n) is 10.1. The van der Waals surface area contributed by atoms with Gasteiger partial charge in [-0.1, -0.05) is 54.2 Å². The maximum Gasteiger partial charge on any atom is 0.244 e. The summed E-state index contributed by atoms with van der Waals surface area (Å²) in [4.78, 5) is 31.3. The number of carbonyl (C=O) groups excluding carboxylic acids is 2. The first kappa shape index (κ1) is 20.3. The Hall–Kier alpha value is -3.65. The van der Waals surface area contributed by atoms with Gasteiger partial charge in [-0.05, 0) is 30.3 Å². The van der Waals surface area contributed by atoms with Crippen molar-refractivity contribution in [2.24, 2.45) is 0 Å². The molecule has 5 rings (SSSR count). The Bertz CT molecular complexity index is 1340. The normalized spacial score (nSPS) is 13.2. The van der Waals surface area contributed by atoms with Gasteiger partial charge in [-0.25, -0.2) is 9.37 Å². The minimum Gasteiger partial charge on any atom is -0.323 e. The van der Waals surface area contributed by atoms with Gasteiger partial charge < -0.3 is 14.8 Å². The van der Waals surface area contributed by atoms with Crippen LogP contribution in [0.5, 0.6) is 0 Å². The van der Waals surface area contributed by atoms with Crippen molar-refractivity contribution in [2.75, 3.05) is 22.5 Å². The van der Waals surface area contributed by atoms with Crippen molar-refractivity contribution in [3.05, 3.63) is 84.2 Å². The average Bonchev–Trinajstić information content (AvgIpc) is 3.15. The lowest BCUT2D eigenvalue weighted by atomic mass is 10.2. The second kappa shape index (κ2) is 8.47. The van der Waals surface area contributed by atoms with Crippen LogP contribution in [0.3, 0.4) is 0 Å². The topological polar surface area (TPSA) is 67.2 Å². The van der Waals surface area contributed by atoms with E-state index in [-0.39, 0.29) is 29.9 Å². The fourth-order valence-corrected chi connectivity index (χ4v) is 4.66. The maximum absolute atomic E-state index is 14.3. The maximum atomic E-state index is 14.3. The summed E-state index contributed by atoms with van der Waals surface area (Å²) in [6.45, 7) is 0.278. The molecule has 0 unspecified atom stereocenters. The Morgan fingerprint density at radius 1 is 1.03 bits per heavy atom. The highest BCUT2D eigenvalue weighted by atomic mass is 32.2. The summed E-state index contributed by atoms with van der Waals surface area (Å²) >= 11 is 1.28. The van der Waals surface area contributed by atoms with Crippen molar-refractivity contribution in [1.82, 2.24) is 9.55 Å². The van der Waals surface area contributed by atoms with Crippen molar-refractivity contribution < 1.29 is 14.0 Å². The molecule has 0 saturated carbocycles. The number of nitrogens with zero attached hydrogens (tertiary/aromatic N) is 3. The Kier molecular flexibility index (Phi) is 5.36. The molecule has 1 aliphatic heterocycles. The number of imidazole rings is 1. The number of aromatic nitrogens is 2. The van der Waals surface area contributed by atoms with Gasteiger partial charge in [0.25, 0.3) is 0 Å². The lowest BCUT2D eigenvalue weighted by molar-refractivity contribution is -0.120. The highest BCUT2D eigenvalue weighted by molar-refractivity contribution is 7.99. The van der Waals surface area contributed by atoms with E-state index in [1.54, 1.807) is 24.3 Å². The highest BCUT2D eigenvalue weighted by Crippen LogP contribution is 2.31. The molecule has 1 aliphatic rings. The summed E-state index contributed by atoms with van der Waals surface area (Å²) in [5.41, 5.74) is 3.49. The van der Waals surface area contributed by atoms with Crippen LogP contribution in [0.4, 0.5) is 15.8 Å². The third-order valence-electron chi connectivity index (χ3n) is 5.30. The molecule has 0 fully saturated rings. The van der Waals surface area contributed by atoms with Crippen molar-refractivity contribution in [1.29, 1.82) is 0 Å². The van der Waals surface area contributed by atoms with Gasteiger partial charge >= 0.3 is 0 Å². The van der Waals surface area contributed by atoms with E-state index in [0.717, 1.165) is 11.0 Å². The standard InChI is InChI=1S/C24H19FN4O2S/c25-17-8-2-1-7-16(17)13-29-21-12-6-4-10-19(21)27-24(29)32-15-23(31)28-14-22(30)26-18-9-3-5-11-20(18)28/h1-12H,13-15H2,(H,26,30). The van der Waals surface area contributed by atoms with Crippen molar-refractivity contribution >= 4 is 46.0 Å². The van der Waals surface area contributed by atoms with E-state index in [2.05, 4.69) is 10.3 Å². The molecule has 0 spiro atoms. The molecule has 8 heteroatoms. The minimum atomic E-state index is -0.284. The molecule has 0 radical (unpaired) electrons. The molecule has 0 bridgehead atoms. The molecule has 0 saturated heterocycles. The molecule has 160 valence electrons. The summed E-state index contributed by atoms with van der Waals surface area (Å²) < 4.78 is 16.2. The molecule has 0 atom stereocenters. The number of fused-ring (bicyclic) bond motifs is 2. The Labute approximate surface area is 188 Å². The molecule has 1 aromatic heterocycles. The predicted molar refractivity (Wildman–Crippen MR) is 123 cm³/mol. The van der Waals surface area contributed by atoms with Gasteiger partial charge in [-0.15, -0.1) is 0 Å². The number of halogens is 1. The van der Waals surface area contributed by atoms with Gasteiger partial charge in [0.1, 0.15) is 12.4 Å². The van der Waals surface area contributed by atoms with Gasteiger partial charge in [0.15, 0.2) is 5.16 Å². The van der Waals surface area contributed by atoms with E-state index in [1.807, 2.05) is 47.0 Å². The lowest BCUT2D eigenvalue weighted by Crippen LogP contribution is -2.43.